The predicted molar refractivity (Wildman–Crippen MR) is 77.9 cm³/mol. The van der Waals surface area contributed by atoms with Crippen LogP contribution in [0, 0.1) is 13.8 Å². The molecule has 0 radical (unpaired) electrons. The molecule has 2 aromatic rings. The lowest BCUT2D eigenvalue weighted by Crippen LogP contribution is -2.13. The zero-order valence-corrected chi connectivity index (χ0v) is 12.0. The van der Waals surface area contributed by atoms with Crippen molar-refractivity contribution < 1.29 is 4.79 Å². The van der Waals surface area contributed by atoms with Crippen LogP contribution in [0.25, 0.3) is 0 Å². The Balaban J connectivity index is 2.18. The van der Waals surface area contributed by atoms with Crippen LogP contribution in [0.15, 0.2) is 18.3 Å². The van der Waals surface area contributed by atoms with E-state index in [9.17, 15) is 4.79 Å². The maximum atomic E-state index is 12.1. The van der Waals surface area contributed by atoms with Gasteiger partial charge in [0.25, 0.3) is 5.91 Å². The predicted octanol–water partition coefficient (Wildman–Crippen LogP) is 2.84. The molecule has 6 heteroatoms. The molecule has 2 aromatic heterocycles. The minimum Gasteiger partial charge on any atom is -0.370 e. The van der Waals surface area contributed by atoms with E-state index in [2.05, 4.69) is 20.6 Å². The summed E-state index contributed by atoms with van der Waals surface area (Å²) < 4.78 is 0. The van der Waals surface area contributed by atoms with Gasteiger partial charge in [-0.25, -0.2) is 9.97 Å². The van der Waals surface area contributed by atoms with E-state index in [1.165, 1.54) is 11.3 Å². The van der Waals surface area contributed by atoms with Crippen molar-refractivity contribution in [2.45, 2.75) is 20.8 Å². The summed E-state index contributed by atoms with van der Waals surface area (Å²) in [4.78, 5) is 21.6. The van der Waals surface area contributed by atoms with Gasteiger partial charge in [-0.05, 0) is 32.9 Å². The van der Waals surface area contributed by atoms with Crippen LogP contribution in [-0.4, -0.2) is 22.4 Å². The number of aryl methyl sites for hydroxylation is 2. The minimum absolute atomic E-state index is 0.168. The summed E-state index contributed by atoms with van der Waals surface area (Å²) >= 11 is 1.46. The summed E-state index contributed by atoms with van der Waals surface area (Å²) in [6, 6.07) is 3.50. The van der Waals surface area contributed by atoms with Crippen LogP contribution in [0.2, 0.25) is 0 Å². The van der Waals surface area contributed by atoms with Gasteiger partial charge in [-0.3, -0.25) is 10.1 Å². The number of rotatable bonds is 4. The second-order valence-electron chi connectivity index (χ2n) is 4.14. The molecule has 0 fully saturated rings. The molecule has 0 aromatic carbocycles. The second-order valence-corrected chi connectivity index (χ2v) is 5.38. The first-order valence-electron chi connectivity index (χ1n) is 6.05. The Morgan fingerprint density at radius 2 is 2.16 bits per heavy atom. The molecular weight excluding hydrogens is 260 g/mol. The zero-order chi connectivity index (χ0) is 13.8. The normalized spacial score (nSPS) is 10.3. The molecule has 0 aliphatic heterocycles. The molecule has 2 heterocycles. The highest BCUT2D eigenvalue weighted by Gasteiger charge is 2.10. The van der Waals surface area contributed by atoms with Gasteiger partial charge in [0.1, 0.15) is 5.82 Å². The van der Waals surface area contributed by atoms with Gasteiger partial charge in [0.05, 0.1) is 0 Å². The van der Waals surface area contributed by atoms with Crippen molar-refractivity contribution in [3.05, 3.63) is 34.5 Å². The molecule has 0 aliphatic rings. The van der Waals surface area contributed by atoms with Crippen LogP contribution < -0.4 is 10.6 Å². The van der Waals surface area contributed by atoms with E-state index < -0.39 is 0 Å². The number of thiazole rings is 1. The second kappa shape index (κ2) is 5.79. The highest BCUT2D eigenvalue weighted by molar-refractivity contribution is 7.15. The van der Waals surface area contributed by atoms with Crippen molar-refractivity contribution in [2.24, 2.45) is 0 Å². The average molecular weight is 276 g/mol. The Hall–Kier alpha value is -1.95. The molecule has 2 N–H and O–H groups in total. The van der Waals surface area contributed by atoms with Crippen LogP contribution in [0.1, 0.15) is 27.9 Å². The summed E-state index contributed by atoms with van der Waals surface area (Å²) in [6.07, 6.45) is 1.74. The van der Waals surface area contributed by atoms with Crippen LogP contribution in [-0.2, 0) is 0 Å². The van der Waals surface area contributed by atoms with Gasteiger partial charge in [0, 0.05) is 28.9 Å². The van der Waals surface area contributed by atoms with Crippen molar-refractivity contribution in [3.8, 4) is 0 Å². The Morgan fingerprint density at radius 3 is 2.79 bits per heavy atom. The highest BCUT2D eigenvalue weighted by Crippen LogP contribution is 2.18. The van der Waals surface area contributed by atoms with Gasteiger partial charge < -0.3 is 5.32 Å². The lowest BCUT2D eigenvalue weighted by Gasteiger charge is -2.07. The van der Waals surface area contributed by atoms with Gasteiger partial charge >= 0.3 is 0 Å². The third-order valence-corrected chi connectivity index (χ3v) is 3.24. The lowest BCUT2D eigenvalue weighted by atomic mass is 10.2. The first-order valence-corrected chi connectivity index (χ1v) is 6.86. The number of hydrogen-bond donors (Lipinski definition) is 2. The number of carbonyl (C=O) groups excluding carboxylic acids is 1. The smallest absolute Gasteiger partial charge is 0.257 e. The van der Waals surface area contributed by atoms with E-state index in [4.69, 9.17) is 0 Å². The standard InChI is InChI=1S/C13H16N4OS/c1-4-14-11-6-10(5-8(2)16-11)12(18)17-13-15-7-9(3)19-13/h5-7H,4H2,1-3H3,(H,14,16)(H,15,17,18). The lowest BCUT2D eigenvalue weighted by molar-refractivity contribution is 0.102. The third-order valence-electron chi connectivity index (χ3n) is 2.42. The van der Waals surface area contributed by atoms with E-state index in [1.807, 2.05) is 20.8 Å². The van der Waals surface area contributed by atoms with Crippen molar-refractivity contribution in [2.75, 3.05) is 17.2 Å². The number of aromatic nitrogens is 2. The molecule has 100 valence electrons. The van der Waals surface area contributed by atoms with Crippen molar-refractivity contribution in [1.82, 2.24) is 9.97 Å². The Bertz CT molecular complexity index is 594. The third kappa shape index (κ3) is 3.51. The van der Waals surface area contributed by atoms with Crippen molar-refractivity contribution >= 4 is 28.2 Å². The van der Waals surface area contributed by atoms with Crippen molar-refractivity contribution in [3.63, 3.8) is 0 Å². The number of nitrogens with zero attached hydrogens (tertiary/aromatic N) is 2. The number of amides is 1. The fraction of sp³-hybridized carbons (Fsp3) is 0.308. The molecule has 19 heavy (non-hydrogen) atoms. The molecule has 2 rings (SSSR count). The molecule has 0 aliphatic carbocycles. The van der Waals surface area contributed by atoms with Crippen LogP contribution in [0.4, 0.5) is 10.9 Å². The SMILES string of the molecule is CCNc1cc(C(=O)Nc2ncc(C)s2)cc(C)n1. The van der Waals surface area contributed by atoms with Crippen LogP contribution >= 0.6 is 11.3 Å². The molecule has 0 saturated carbocycles. The van der Waals surface area contributed by atoms with E-state index in [0.29, 0.717) is 16.5 Å². The van der Waals surface area contributed by atoms with E-state index in [1.54, 1.807) is 18.3 Å². The van der Waals surface area contributed by atoms with Crippen LogP contribution in [0.5, 0.6) is 0 Å². The van der Waals surface area contributed by atoms with Gasteiger partial charge in [0.15, 0.2) is 5.13 Å². The minimum atomic E-state index is -0.168. The maximum absolute atomic E-state index is 12.1. The van der Waals surface area contributed by atoms with E-state index in [0.717, 1.165) is 17.1 Å². The zero-order valence-electron chi connectivity index (χ0n) is 11.2. The van der Waals surface area contributed by atoms with Gasteiger partial charge in [-0.15, -0.1) is 11.3 Å². The monoisotopic (exact) mass is 276 g/mol. The molecule has 5 nitrogen and oxygen atoms in total. The molecule has 1 amide bonds. The maximum Gasteiger partial charge on any atom is 0.257 e. The van der Waals surface area contributed by atoms with E-state index >= 15 is 0 Å². The quantitative estimate of drug-likeness (QED) is 0.901. The number of carbonyl (C=O) groups is 1. The summed E-state index contributed by atoms with van der Waals surface area (Å²) in [5.41, 5.74) is 1.38. The molecule has 0 atom stereocenters. The number of pyridine rings is 1. The van der Waals surface area contributed by atoms with E-state index in [-0.39, 0.29) is 5.91 Å². The number of hydrogen-bond acceptors (Lipinski definition) is 5. The first kappa shape index (κ1) is 13.5. The topological polar surface area (TPSA) is 66.9 Å². The van der Waals surface area contributed by atoms with Gasteiger partial charge in [-0.1, -0.05) is 0 Å². The largest absolute Gasteiger partial charge is 0.370 e. The fourth-order valence-corrected chi connectivity index (χ4v) is 2.31. The summed E-state index contributed by atoms with van der Waals surface area (Å²) in [6.45, 7) is 6.57. The summed E-state index contributed by atoms with van der Waals surface area (Å²) in [5, 5.41) is 6.51. The molecular formula is C13H16N4OS. The Kier molecular flexibility index (Phi) is 4.11. The average Bonchev–Trinajstić information content (AvgIpc) is 2.74. The van der Waals surface area contributed by atoms with Gasteiger partial charge in [0.2, 0.25) is 0 Å². The molecule has 0 unspecified atom stereocenters. The van der Waals surface area contributed by atoms with Gasteiger partial charge in [-0.2, -0.15) is 0 Å². The fourth-order valence-electron chi connectivity index (χ4n) is 1.65. The molecule has 0 spiro atoms. The Labute approximate surface area is 116 Å². The Morgan fingerprint density at radius 1 is 1.37 bits per heavy atom. The molecule has 0 bridgehead atoms. The highest BCUT2D eigenvalue weighted by atomic mass is 32.1. The first-order chi connectivity index (χ1) is 9.08. The van der Waals surface area contributed by atoms with Crippen LogP contribution in [0.3, 0.4) is 0 Å². The molecule has 0 saturated heterocycles. The number of nitrogens with one attached hydrogen (secondary N) is 2. The number of anilines is 2. The summed E-state index contributed by atoms with van der Waals surface area (Å²) in [5.74, 6) is 0.543. The summed E-state index contributed by atoms with van der Waals surface area (Å²) in [7, 11) is 0. The van der Waals surface area contributed by atoms with Crippen molar-refractivity contribution in [1.29, 1.82) is 0 Å².